The molecule has 132 valence electrons. The molecule has 0 saturated heterocycles. The molecule has 1 heterocycles. The maximum absolute atomic E-state index is 12.1. The molecule has 3 aromatic rings. The number of hydrogen-bond acceptors (Lipinski definition) is 4. The lowest BCUT2D eigenvalue weighted by atomic mass is 10.0. The molecule has 0 aliphatic rings. The van der Waals surface area contributed by atoms with E-state index in [9.17, 15) is 4.79 Å². The second kappa shape index (κ2) is 8.47. The van der Waals surface area contributed by atoms with E-state index in [-0.39, 0.29) is 19.1 Å². The normalized spacial score (nSPS) is 10.4. The maximum atomic E-state index is 12.1. The lowest BCUT2D eigenvalue weighted by Crippen LogP contribution is -2.26. The Morgan fingerprint density at radius 2 is 1.85 bits per heavy atom. The van der Waals surface area contributed by atoms with Crippen LogP contribution >= 0.6 is 11.6 Å². The highest BCUT2D eigenvalue weighted by Crippen LogP contribution is 2.25. The molecule has 2 aromatic carbocycles. The molecule has 1 aromatic heterocycles. The fraction of sp³-hybridized carbons (Fsp3) is 0.100. The highest BCUT2D eigenvalue weighted by atomic mass is 35.5. The summed E-state index contributed by atoms with van der Waals surface area (Å²) in [7, 11) is 0. The van der Waals surface area contributed by atoms with Gasteiger partial charge in [-0.25, -0.2) is 0 Å². The smallest absolute Gasteiger partial charge is 0.251 e. The number of amides is 1. The third-order valence-corrected chi connectivity index (χ3v) is 3.94. The van der Waals surface area contributed by atoms with Crippen LogP contribution in [0, 0.1) is 0 Å². The number of aromatic nitrogens is 1. The molecule has 0 bridgehead atoms. The third kappa shape index (κ3) is 4.59. The maximum Gasteiger partial charge on any atom is 0.251 e. The zero-order valence-corrected chi connectivity index (χ0v) is 14.7. The number of carbonyl (C=O) groups excluding carboxylic acids is 1. The zero-order valence-electron chi connectivity index (χ0n) is 13.9. The minimum atomic E-state index is -0.220. The molecular formula is C20H18ClN3O2. The number of benzene rings is 2. The first-order chi connectivity index (χ1) is 12.7. The Hall–Kier alpha value is -2.89. The van der Waals surface area contributed by atoms with Crippen molar-refractivity contribution in [3.05, 3.63) is 77.6 Å². The number of hydrogen-bond donors (Lipinski definition) is 3. The first-order valence-corrected chi connectivity index (χ1v) is 8.50. The van der Waals surface area contributed by atoms with Gasteiger partial charge in [0.15, 0.2) is 0 Å². The predicted octanol–water partition coefficient (Wildman–Crippen LogP) is 3.87. The van der Waals surface area contributed by atoms with Crippen molar-refractivity contribution in [1.29, 1.82) is 0 Å². The largest absolute Gasteiger partial charge is 0.395 e. The van der Waals surface area contributed by atoms with Crippen LogP contribution in [0.25, 0.3) is 11.1 Å². The van der Waals surface area contributed by atoms with Crippen LogP contribution in [0.1, 0.15) is 10.4 Å². The van der Waals surface area contributed by atoms with E-state index in [1.54, 1.807) is 24.5 Å². The molecule has 0 atom stereocenters. The van der Waals surface area contributed by atoms with Crippen LogP contribution in [-0.4, -0.2) is 29.1 Å². The molecular weight excluding hydrogens is 350 g/mol. The van der Waals surface area contributed by atoms with Gasteiger partial charge in [0.2, 0.25) is 0 Å². The van der Waals surface area contributed by atoms with Gasteiger partial charge in [-0.2, -0.15) is 0 Å². The summed E-state index contributed by atoms with van der Waals surface area (Å²) in [5, 5.41) is 15.4. The molecule has 1 amide bonds. The number of carbonyl (C=O) groups is 1. The Balaban J connectivity index is 1.82. The van der Waals surface area contributed by atoms with Gasteiger partial charge in [-0.15, -0.1) is 0 Å². The Morgan fingerprint density at radius 1 is 1.00 bits per heavy atom. The number of anilines is 2. The molecule has 5 nitrogen and oxygen atoms in total. The highest BCUT2D eigenvalue weighted by molar-refractivity contribution is 6.30. The lowest BCUT2D eigenvalue weighted by Gasteiger charge is -2.09. The number of nitrogens with zero attached hydrogens (tertiary/aromatic N) is 1. The van der Waals surface area contributed by atoms with Crippen molar-refractivity contribution in [2.24, 2.45) is 0 Å². The average molecular weight is 368 g/mol. The zero-order chi connectivity index (χ0) is 18.4. The summed E-state index contributed by atoms with van der Waals surface area (Å²) < 4.78 is 0. The molecule has 26 heavy (non-hydrogen) atoms. The molecule has 3 rings (SSSR count). The van der Waals surface area contributed by atoms with Crippen LogP contribution in [0.15, 0.2) is 67.0 Å². The van der Waals surface area contributed by atoms with Crippen molar-refractivity contribution in [3.63, 3.8) is 0 Å². The van der Waals surface area contributed by atoms with Crippen LogP contribution in [-0.2, 0) is 0 Å². The van der Waals surface area contributed by atoms with Crippen LogP contribution in [0.2, 0.25) is 5.02 Å². The monoisotopic (exact) mass is 367 g/mol. The Bertz CT molecular complexity index is 915. The number of aliphatic hydroxyl groups excluding tert-OH is 1. The topological polar surface area (TPSA) is 74.2 Å². The van der Waals surface area contributed by atoms with Gasteiger partial charge in [-0.05, 0) is 42.0 Å². The summed E-state index contributed by atoms with van der Waals surface area (Å²) in [6.07, 6.45) is 3.47. The number of pyridine rings is 1. The van der Waals surface area contributed by atoms with E-state index < -0.39 is 0 Å². The first-order valence-electron chi connectivity index (χ1n) is 8.13. The fourth-order valence-corrected chi connectivity index (χ4v) is 2.70. The minimum Gasteiger partial charge on any atom is -0.395 e. The van der Waals surface area contributed by atoms with E-state index in [1.165, 1.54) is 0 Å². The second-order valence-electron chi connectivity index (χ2n) is 5.66. The van der Waals surface area contributed by atoms with Crippen LogP contribution in [0.4, 0.5) is 11.4 Å². The SMILES string of the molecule is O=C(NCCO)c1cccc(-c2cncc(Nc3cccc(Cl)c3)c2)c1. The van der Waals surface area contributed by atoms with Gasteiger partial charge in [0.05, 0.1) is 18.5 Å². The molecule has 0 fully saturated rings. The van der Waals surface area contributed by atoms with Crippen molar-refractivity contribution in [1.82, 2.24) is 10.3 Å². The van der Waals surface area contributed by atoms with Gasteiger partial charge in [-0.3, -0.25) is 9.78 Å². The van der Waals surface area contributed by atoms with Gasteiger partial charge >= 0.3 is 0 Å². The molecule has 3 N–H and O–H groups in total. The Labute approximate surface area is 156 Å². The molecule has 0 aliphatic heterocycles. The number of aliphatic hydroxyl groups is 1. The molecule has 0 saturated carbocycles. The highest BCUT2D eigenvalue weighted by Gasteiger charge is 2.07. The van der Waals surface area contributed by atoms with E-state index in [4.69, 9.17) is 16.7 Å². The number of nitrogens with one attached hydrogen (secondary N) is 2. The summed E-state index contributed by atoms with van der Waals surface area (Å²) in [4.78, 5) is 16.3. The van der Waals surface area contributed by atoms with Crippen molar-refractivity contribution in [2.75, 3.05) is 18.5 Å². The van der Waals surface area contributed by atoms with Crippen molar-refractivity contribution in [3.8, 4) is 11.1 Å². The summed E-state index contributed by atoms with van der Waals surface area (Å²) in [6.45, 7) is 0.135. The Morgan fingerprint density at radius 3 is 2.65 bits per heavy atom. The van der Waals surface area contributed by atoms with Crippen LogP contribution in [0.5, 0.6) is 0 Å². The second-order valence-corrected chi connectivity index (χ2v) is 6.09. The Kier molecular flexibility index (Phi) is 5.84. The summed E-state index contributed by atoms with van der Waals surface area (Å²) in [5.74, 6) is -0.220. The van der Waals surface area contributed by atoms with Crippen LogP contribution < -0.4 is 10.6 Å². The average Bonchev–Trinajstić information content (AvgIpc) is 2.66. The van der Waals surface area contributed by atoms with Gasteiger partial charge in [0, 0.05) is 34.6 Å². The third-order valence-electron chi connectivity index (χ3n) is 3.71. The van der Waals surface area contributed by atoms with Gasteiger partial charge in [0.1, 0.15) is 0 Å². The number of halogens is 1. The first kappa shape index (κ1) is 17.9. The van der Waals surface area contributed by atoms with E-state index in [0.717, 1.165) is 22.5 Å². The summed E-state index contributed by atoms with van der Waals surface area (Å²) >= 11 is 6.01. The molecule has 0 radical (unpaired) electrons. The van der Waals surface area contributed by atoms with Crippen LogP contribution in [0.3, 0.4) is 0 Å². The summed E-state index contributed by atoms with van der Waals surface area (Å²) in [5.41, 5.74) is 3.98. The van der Waals surface area contributed by atoms with E-state index in [0.29, 0.717) is 10.6 Å². The van der Waals surface area contributed by atoms with Gasteiger partial charge in [0.25, 0.3) is 5.91 Å². The van der Waals surface area contributed by atoms with Crippen molar-refractivity contribution >= 4 is 28.9 Å². The van der Waals surface area contributed by atoms with Gasteiger partial charge in [-0.1, -0.05) is 29.8 Å². The van der Waals surface area contributed by atoms with E-state index >= 15 is 0 Å². The van der Waals surface area contributed by atoms with Gasteiger partial charge < -0.3 is 15.7 Å². The van der Waals surface area contributed by atoms with E-state index in [2.05, 4.69) is 15.6 Å². The van der Waals surface area contributed by atoms with Crippen molar-refractivity contribution < 1.29 is 9.90 Å². The molecule has 0 spiro atoms. The standard InChI is InChI=1S/C20H18ClN3O2/c21-17-5-2-6-18(11-17)24-19-10-16(12-22-13-19)14-3-1-4-15(9-14)20(26)23-7-8-25/h1-6,9-13,24-25H,7-8H2,(H,23,26). The molecule has 0 unspecified atom stereocenters. The predicted molar refractivity (Wildman–Crippen MR) is 104 cm³/mol. The fourth-order valence-electron chi connectivity index (χ4n) is 2.51. The van der Waals surface area contributed by atoms with Crippen molar-refractivity contribution in [2.45, 2.75) is 0 Å². The lowest BCUT2D eigenvalue weighted by molar-refractivity contribution is 0.0945. The number of rotatable bonds is 6. The molecule has 6 heteroatoms. The molecule has 0 aliphatic carbocycles. The quantitative estimate of drug-likeness (QED) is 0.618. The minimum absolute atomic E-state index is 0.0907. The summed E-state index contributed by atoms with van der Waals surface area (Å²) in [6, 6.07) is 16.7. The van der Waals surface area contributed by atoms with E-state index in [1.807, 2.05) is 42.5 Å².